The van der Waals surface area contributed by atoms with Crippen molar-refractivity contribution in [3.8, 4) is 0 Å². The predicted molar refractivity (Wildman–Crippen MR) is 111 cm³/mol. The third-order valence-electron chi connectivity index (χ3n) is 5.22. The van der Waals surface area contributed by atoms with Crippen molar-refractivity contribution in [2.45, 2.75) is 33.1 Å². The van der Waals surface area contributed by atoms with Crippen LogP contribution in [-0.2, 0) is 24.1 Å². The van der Waals surface area contributed by atoms with Crippen LogP contribution in [0.2, 0.25) is 0 Å². The van der Waals surface area contributed by atoms with Crippen molar-refractivity contribution >= 4 is 27.7 Å². The Kier molecular flexibility index (Phi) is 4.71. The van der Waals surface area contributed by atoms with Crippen LogP contribution in [0.4, 0.5) is 0 Å². The van der Waals surface area contributed by atoms with Crippen molar-refractivity contribution in [2.75, 3.05) is 6.54 Å². The number of fused-ring (bicyclic) bond motifs is 2. The number of amides is 1. The van der Waals surface area contributed by atoms with E-state index in [2.05, 4.69) is 71.0 Å². The molecule has 4 heteroatoms. The third-order valence-corrected chi connectivity index (χ3v) is 5.22. The number of rotatable bonds is 6. The van der Waals surface area contributed by atoms with Crippen LogP contribution in [0.15, 0.2) is 48.8 Å². The summed E-state index contributed by atoms with van der Waals surface area (Å²) in [5.74, 6) is 0.0159. The zero-order chi connectivity index (χ0) is 18.8. The Morgan fingerprint density at radius 2 is 1.52 bits per heavy atom. The first kappa shape index (κ1) is 17.4. The first-order valence-corrected chi connectivity index (χ1v) is 9.56. The van der Waals surface area contributed by atoms with Crippen LogP contribution in [0.3, 0.4) is 0 Å². The molecular formula is C23H25N3O. The van der Waals surface area contributed by atoms with Gasteiger partial charge in [0.15, 0.2) is 0 Å². The number of hydrogen-bond acceptors (Lipinski definition) is 1. The maximum absolute atomic E-state index is 11.1. The SMILES string of the molecule is CCc1c[nH]c2ccc(Cc3ccc4[nH]cc(CCNC(C)=O)c4c3)cc12. The van der Waals surface area contributed by atoms with Crippen molar-refractivity contribution < 1.29 is 4.79 Å². The summed E-state index contributed by atoms with van der Waals surface area (Å²) >= 11 is 0. The molecule has 1 amide bonds. The summed E-state index contributed by atoms with van der Waals surface area (Å²) in [6.07, 6.45) is 6.95. The van der Waals surface area contributed by atoms with Gasteiger partial charge in [-0.15, -0.1) is 0 Å². The number of aromatic nitrogens is 2. The van der Waals surface area contributed by atoms with E-state index in [9.17, 15) is 4.79 Å². The number of nitrogens with one attached hydrogen (secondary N) is 3. The van der Waals surface area contributed by atoms with Crippen molar-refractivity contribution in [3.05, 3.63) is 71.0 Å². The molecule has 0 atom stereocenters. The largest absolute Gasteiger partial charge is 0.361 e. The average Bonchev–Trinajstić information content (AvgIpc) is 3.25. The minimum Gasteiger partial charge on any atom is -0.361 e. The second-order valence-corrected chi connectivity index (χ2v) is 7.15. The van der Waals surface area contributed by atoms with Crippen LogP contribution in [0.25, 0.3) is 21.8 Å². The van der Waals surface area contributed by atoms with Gasteiger partial charge >= 0.3 is 0 Å². The molecule has 0 aliphatic heterocycles. The topological polar surface area (TPSA) is 60.7 Å². The van der Waals surface area contributed by atoms with Crippen LogP contribution < -0.4 is 5.32 Å². The van der Waals surface area contributed by atoms with Gasteiger partial charge in [0.25, 0.3) is 0 Å². The third kappa shape index (κ3) is 3.61. The number of benzene rings is 2. The van der Waals surface area contributed by atoms with Crippen LogP contribution in [0.5, 0.6) is 0 Å². The molecule has 4 aromatic rings. The first-order valence-electron chi connectivity index (χ1n) is 9.56. The van der Waals surface area contributed by atoms with E-state index < -0.39 is 0 Å². The van der Waals surface area contributed by atoms with Crippen LogP contribution in [-0.4, -0.2) is 22.4 Å². The van der Waals surface area contributed by atoms with E-state index in [-0.39, 0.29) is 5.91 Å². The minimum absolute atomic E-state index is 0.0159. The highest BCUT2D eigenvalue weighted by atomic mass is 16.1. The van der Waals surface area contributed by atoms with Gasteiger partial charge in [0.2, 0.25) is 5.91 Å². The summed E-state index contributed by atoms with van der Waals surface area (Å²) in [6.45, 7) is 4.41. The monoisotopic (exact) mass is 359 g/mol. The van der Waals surface area contributed by atoms with Gasteiger partial charge in [-0.1, -0.05) is 19.1 Å². The molecule has 0 aliphatic rings. The van der Waals surface area contributed by atoms with Crippen LogP contribution in [0, 0.1) is 0 Å². The molecule has 0 bridgehead atoms. The molecule has 0 saturated heterocycles. The zero-order valence-corrected chi connectivity index (χ0v) is 15.9. The zero-order valence-electron chi connectivity index (χ0n) is 15.9. The van der Waals surface area contributed by atoms with Gasteiger partial charge < -0.3 is 15.3 Å². The van der Waals surface area contributed by atoms with E-state index in [1.807, 2.05) is 0 Å². The second-order valence-electron chi connectivity index (χ2n) is 7.15. The molecule has 2 aromatic heterocycles. The predicted octanol–water partition coefficient (Wildman–Crippen LogP) is 4.48. The standard InChI is InChI=1S/C23H25N3O/c1-3-18-13-25-22-6-4-16(11-20(18)22)10-17-5-7-23-21(12-17)19(14-26-23)8-9-24-15(2)27/h4-7,11-14,25-26H,3,8-10H2,1-2H3,(H,24,27). The number of carbonyl (C=O) groups excluding carboxylic acids is 1. The molecule has 0 aliphatic carbocycles. The normalized spacial score (nSPS) is 11.3. The van der Waals surface area contributed by atoms with Gasteiger partial charge in [-0.05, 0) is 65.8 Å². The Bertz CT molecular complexity index is 1100. The van der Waals surface area contributed by atoms with E-state index in [1.54, 1.807) is 6.92 Å². The number of hydrogen-bond donors (Lipinski definition) is 3. The molecule has 3 N–H and O–H groups in total. The average molecular weight is 359 g/mol. The number of H-pyrrole nitrogens is 2. The van der Waals surface area contributed by atoms with Gasteiger partial charge in [0.1, 0.15) is 0 Å². The maximum Gasteiger partial charge on any atom is 0.216 e. The fraction of sp³-hybridized carbons (Fsp3) is 0.261. The summed E-state index contributed by atoms with van der Waals surface area (Å²) in [5.41, 5.74) is 7.59. The lowest BCUT2D eigenvalue weighted by molar-refractivity contribution is -0.118. The molecule has 0 spiro atoms. The van der Waals surface area contributed by atoms with E-state index >= 15 is 0 Å². The summed E-state index contributed by atoms with van der Waals surface area (Å²) in [4.78, 5) is 17.8. The summed E-state index contributed by atoms with van der Waals surface area (Å²) in [7, 11) is 0. The molecule has 2 heterocycles. The van der Waals surface area contributed by atoms with E-state index in [4.69, 9.17) is 0 Å². The summed E-state index contributed by atoms with van der Waals surface area (Å²) < 4.78 is 0. The Hall–Kier alpha value is -3.01. The minimum atomic E-state index is 0.0159. The van der Waals surface area contributed by atoms with Gasteiger partial charge in [-0.2, -0.15) is 0 Å². The van der Waals surface area contributed by atoms with Crippen molar-refractivity contribution in [1.82, 2.24) is 15.3 Å². The van der Waals surface area contributed by atoms with Crippen LogP contribution >= 0.6 is 0 Å². The Balaban J connectivity index is 1.59. The lowest BCUT2D eigenvalue weighted by atomic mass is 9.99. The molecule has 4 rings (SSSR count). The van der Waals surface area contributed by atoms with Crippen LogP contribution in [0.1, 0.15) is 36.1 Å². The lowest BCUT2D eigenvalue weighted by Crippen LogP contribution is -2.22. The summed E-state index contributed by atoms with van der Waals surface area (Å²) in [5, 5.41) is 5.45. The smallest absolute Gasteiger partial charge is 0.216 e. The number of aryl methyl sites for hydroxylation is 1. The molecule has 0 fully saturated rings. The molecule has 0 radical (unpaired) electrons. The highest BCUT2D eigenvalue weighted by Gasteiger charge is 2.07. The highest BCUT2D eigenvalue weighted by Crippen LogP contribution is 2.24. The van der Waals surface area contributed by atoms with Crippen molar-refractivity contribution in [2.24, 2.45) is 0 Å². The Labute approximate surface area is 159 Å². The van der Waals surface area contributed by atoms with E-state index in [1.165, 1.54) is 38.5 Å². The Morgan fingerprint density at radius 3 is 2.11 bits per heavy atom. The molecule has 4 nitrogen and oxygen atoms in total. The highest BCUT2D eigenvalue weighted by molar-refractivity contribution is 5.85. The van der Waals surface area contributed by atoms with E-state index in [0.29, 0.717) is 6.54 Å². The Morgan fingerprint density at radius 1 is 0.926 bits per heavy atom. The second kappa shape index (κ2) is 7.31. The molecule has 2 aromatic carbocycles. The van der Waals surface area contributed by atoms with Crippen molar-refractivity contribution in [1.29, 1.82) is 0 Å². The quantitative estimate of drug-likeness (QED) is 0.467. The maximum atomic E-state index is 11.1. The number of aromatic amines is 2. The molecule has 27 heavy (non-hydrogen) atoms. The van der Waals surface area contributed by atoms with E-state index in [0.717, 1.165) is 24.8 Å². The summed E-state index contributed by atoms with van der Waals surface area (Å²) in [6, 6.07) is 13.3. The molecule has 0 saturated carbocycles. The molecule has 0 unspecified atom stereocenters. The number of carbonyl (C=O) groups is 1. The lowest BCUT2D eigenvalue weighted by Gasteiger charge is -2.06. The van der Waals surface area contributed by atoms with Gasteiger partial charge in [-0.3, -0.25) is 4.79 Å². The first-order chi connectivity index (χ1) is 13.1. The fourth-order valence-corrected chi connectivity index (χ4v) is 3.78. The molecule has 138 valence electrons. The van der Waals surface area contributed by atoms with Gasteiger partial charge in [-0.25, -0.2) is 0 Å². The van der Waals surface area contributed by atoms with Crippen molar-refractivity contribution in [3.63, 3.8) is 0 Å². The molecular weight excluding hydrogens is 334 g/mol. The van der Waals surface area contributed by atoms with Gasteiger partial charge in [0, 0.05) is 47.7 Å². The fourth-order valence-electron chi connectivity index (χ4n) is 3.78. The van der Waals surface area contributed by atoms with Gasteiger partial charge in [0.05, 0.1) is 0 Å².